The first-order chi connectivity index (χ1) is 14.9. The molecule has 5 heteroatoms. The molecule has 0 aliphatic heterocycles. The van der Waals surface area contributed by atoms with E-state index in [1.54, 1.807) is 18.6 Å². The molecule has 2 N–H and O–H groups in total. The number of pyridine rings is 2. The second-order valence-electron chi connectivity index (χ2n) is 8.77. The van der Waals surface area contributed by atoms with E-state index < -0.39 is 6.04 Å². The Balaban J connectivity index is 1.66. The fraction of sp³-hybridized carbons (Fsp3) is 0.346. The van der Waals surface area contributed by atoms with E-state index in [4.69, 9.17) is 0 Å². The average molecular weight is 417 g/mol. The van der Waals surface area contributed by atoms with Gasteiger partial charge in [0.05, 0.1) is 0 Å². The monoisotopic (exact) mass is 416 g/mol. The molecule has 0 aliphatic carbocycles. The summed E-state index contributed by atoms with van der Waals surface area (Å²) in [5.41, 5.74) is 4.61. The van der Waals surface area contributed by atoms with Crippen molar-refractivity contribution in [1.29, 1.82) is 0 Å². The van der Waals surface area contributed by atoms with Gasteiger partial charge in [-0.25, -0.2) is 0 Å². The number of carbonyl (C=O) groups excluding carboxylic acids is 1. The number of benzene rings is 1. The van der Waals surface area contributed by atoms with E-state index in [-0.39, 0.29) is 11.3 Å². The van der Waals surface area contributed by atoms with Crippen molar-refractivity contribution in [3.05, 3.63) is 95.6 Å². The van der Waals surface area contributed by atoms with Crippen LogP contribution in [-0.2, 0) is 23.1 Å². The summed E-state index contributed by atoms with van der Waals surface area (Å²) in [7, 11) is 0. The van der Waals surface area contributed by atoms with E-state index in [0.717, 1.165) is 24.0 Å². The van der Waals surface area contributed by atoms with Gasteiger partial charge in [-0.2, -0.15) is 0 Å². The van der Waals surface area contributed by atoms with Gasteiger partial charge in [-0.05, 0) is 58.7 Å². The zero-order valence-corrected chi connectivity index (χ0v) is 18.6. The van der Waals surface area contributed by atoms with Crippen LogP contribution in [0.15, 0.2) is 73.3 Å². The van der Waals surface area contributed by atoms with Crippen molar-refractivity contribution in [2.24, 2.45) is 0 Å². The SMILES string of the molecule is CC(C)(C)c1ccc(C(NCCc2ccncc2)C(=O)NCCc2cccnc2)cc1. The van der Waals surface area contributed by atoms with Crippen LogP contribution in [0.5, 0.6) is 0 Å². The number of carbonyl (C=O) groups is 1. The third-order valence-electron chi connectivity index (χ3n) is 5.32. The zero-order chi connectivity index (χ0) is 22.1. The average Bonchev–Trinajstić information content (AvgIpc) is 2.77. The summed E-state index contributed by atoms with van der Waals surface area (Å²) in [6, 6.07) is 15.9. The van der Waals surface area contributed by atoms with E-state index >= 15 is 0 Å². The Morgan fingerprint density at radius 3 is 2.23 bits per heavy atom. The van der Waals surface area contributed by atoms with Crippen molar-refractivity contribution in [3.8, 4) is 0 Å². The summed E-state index contributed by atoms with van der Waals surface area (Å²) >= 11 is 0. The van der Waals surface area contributed by atoms with Gasteiger partial charge >= 0.3 is 0 Å². The van der Waals surface area contributed by atoms with Crippen LogP contribution in [0.1, 0.15) is 49.1 Å². The van der Waals surface area contributed by atoms with E-state index in [1.165, 1.54) is 11.1 Å². The summed E-state index contributed by atoms with van der Waals surface area (Å²) in [6.45, 7) is 7.85. The molecule has 2 aromatic heterocycles. The summed E-state index contributed by atoms with van der Waals surface area (Å²) < 4.78 is 0. The van der Waals surface area contributed by atoms with Crippen LogP contribution in [0.4, 0.5) is 0 Å². The van der Waals surface area contributed by atoms with Crippen LogP contribution in [0.3, 0.4) is 0 Å². The van der Waals surface area contributed by atoms with Gasteiger partial charge in [0.15, 0.2) is 0 Å². The molecule has 0 aliphatic rings. The quantitative estimate of drug-likeness (QED) is 0.553. The summed E-state index contributed by atoms with van der Waals surface area (Å²) in [4.78, 5) is 21.3. The Kier molecular flexibility index (Phi) is 7.90. The normalized spacial score (nSPS) is 12.4. The minimum Gasteiger partial charge on any atom is -0.354 e. The van der Waals surface area contributed by atoms with Gasteiger partial charge in [-0.1, -0.05) is 51.1 Å². The second kappa shape index (κ2) is 10.8. The standard InChI is InChI=1S/C26H32N4O/c1-26(2,3)23-8-6-22(7-9-23)24(29-17-12-20-10-15-27-16-11-20)25(31)30-18-13-21-5-4-14-28-19-21/h4-11,14-16,19,24,29H,12-13,17-18H2,1-3H3,(H,30,31). The van der Waals surface area contributed by atoms with E-state index in [0.29, 0.717) is 13.1 Å². The topological polar surface area (TPSA) is 66.9 Å². The lowest BCUT2D eigenvalue weighted by Crippen LogP contribution is -2.39. The third kappa shape index (κ3) is 7.00. The molecule has 31 heavy (non-hydrogen) atoms. The van der Waals surface area contributed by atoms with Gasteiger partial charge in [-0.15, -0.1) is 0 Å². The fourth-order valence-electron chi connectivity index (χ4n) is 3.43. The van der Waals surface area contributed by atoms with Crippen LogP contribution in [-0.4, -0.2) is 29.0 Å². The summed E-state index contributed by atoms with van der Waals surface area (Å²) in [5.74, 6) is -0.0119. The van der Waals surface area contributed by atoms with E-state index in [2.05, 4.69) is 65.6 Å². The van der Waals surface area contributed by atoms with Gasteiger partial charge in [0, 0.05) is 37.9 Å². The van der Waals surface area contributed by atoms with E-state index in [9.17, 15) is 4.79 Å². The van der Waals surface area contributed by atoms with Gasteiger partial charge in [0.1, 0.15) is 6.04 Å². The maximum absolute atomic E-state index is 13.1. The fourth-order valence-corrected chi connectivity index (χ4v) is 3.43. The van der Waals surface area contributed by atoms with Crippen molar-refractivity contribution >= 4 is 5.91 Å². The number of nitrogens with zero attached hydrogens (tertiary/aromatic N) is 2. The highest BCUT2D eigenvalue weighted by molar-refractivity contribution is 5.83. The first kappa shape index (κ1) is 22.6. The molecule has 1 amide bonds. The Labute approximate surface area is 185 Å². The molecular formula is C26H32N4O. The highest BCUT2D eigenvalue weighted by atomic mass is 16.2. The van der Waals surface area contributed by atoms with Crippen LogP contribution in [0.25, 0.3) is 0 Å². The van der Waals surface area contributed by atoms with Gasteiger partial charge < -0.3 is 10.6 Å². The number of amides is 1. The first-order valence-electron chi connectivity index (χ1n) is 10.8. The highest BCUT2D eigenvalue weighted by Crippen LogP contribution is 2.24. The number of rotatable bonds is 9. The predicted octanol–water partition coefficient (Wildman–Crippen LogP) is 4.01. The second-order valence-corrected chi connectivity index (χ2v) is 8.77. The molecule has 0 bridgehead atoms. The smallest absolute Gasteiger partial charge is 0.241 e. The first-order valence-corrected chi connectivity index (χ1v) is 10.8. The summed E-state index contributed by atoms with van der Waals surface area (Å²) in [6.07, 6.45) is 8.77. The highest BCUT2D eigenvalue weighted by Gasteiger charge is 2.21. The minimum atomic E-state index is -0.398. The molecular weight excluding hydrogens is 384 g/mol. The molecule has 1 unspecified atom stereocenters. The Morgan fingerprint density at radius 1 is 0.871 bits per heavy atom. The lowest BCUT2D eigenvalue weighted by atomic mass is 9.86. The minimum absolute atomic E-state index is 0.0119. The van der Waals surface area contributed by atoms with Gasteiger partial charge in [-0.3, -0.25) is 14.8 Å². The molecule has 5 nitrogen and oxygen atoms in total. The molecule has 3 aromatic rings. The molecule has 1 atom stereocenters. The number of hydrogen-bond acceptors (Lipinski definition) is 4. The largest absolute Gasteiger partial charge is 0.354 e. The molecule has 0 radical (unpaired) electrons. The maximum atomic E-state index is 13.1. The maximum Gasteiger partial charge on any atom is 0.241 e. The zero-order valence-electron chi connectivity index (χ0n) is 18.6. The lowest BCUT2D eigenvalue weighted by molar-refractivity contribution is -0.123. The summed E-state index contributed by atoms with van der Waals surface area (Å²) in [5, 5.41) is 6.53. The Hall–Kier alpha value is -3.05. The Morgan fingerprint density at radius 2 is 1.58 bits per heavy atom. The third-order valence-corrected chi connectivity index (χ3v) is 5.32. The van der Waals surface area contributed by atoms with Crippen LogP contribution in [0.2, 0.25) is 0 Å². The van der Waals surface area contributed by atoms with Gasteiger partial charge in [0.2, 0.25) is 5.91 Å². The molecule has 1 aromatic carbocycles. The van der Waals surface area contributed by atoms with Crippen LogP contribution >= 0.6 is 0 Å². The number of hydrogen-bond donors (Lipinski definition) is 2. The molecule has 0 fully saturated rings. The van der Waals surface area contributed by atoms with Crippen LogP contribution in [0, 0.1) is 0 Å². The van der Waals surface area contributed by atoms with Gasteiger partial charge in [0.25, 0.3) is 0 Å². The van der Waals surface area contributed by atoms with Crippen molar-refractivity contribution in [1.82, 2.24) is 20.6 Å². The van der Waals surface area contributed by atoms with Crippen molar-refractivity contribution in [2.45, 2.75) is 45.1 Å². The van der Waals surface area contributed by atoms with Crippen molar-refractivity contribution in [3.63, 3.8) is 0 Å². The van der Waals surface area contributed by atoms with Crippen molar-refractivity contribution < 1.29 is 4.79 Å². The predicted molar refractivity (Wildman–Crippen MR) is 125 cm³/mol. The molecule has 3 rings (SSSR count). The molecule has 2 heterocycles. The number of aromatic nitrogens is 2. The number of nitrogens with one attached hydrogen (secondary N) is 2. The Bertz CT molecular complexity index is 935. The lowest BCUT2D eigenvalue weighted by Gasteiger charge is -2.22. The molecule has 0 saturated carbocycles. The van der Waals surface area contributed by atoms with Crippen molar-refractivity contribution in [2.75, 3.05) is 13.1 Å². The molecule has 162 valence electrons. The van der Waals surface area contributed by atoms with E-state index in [1.807, 2.05) is 30.5 Å². The molecule has 0 spiro atoms. The van der Waals surface area contributed by atoms with Crippen LogP contribution < -0.4 is 10.6 Å². The molecule has 0 saturated heterocycles.